The first-order valence-electron chi connectivity index (χ1n) is 6.36. The minimum atomic E-state index is -0.447. The van der Waals surface area contributed by atoms with Crippen LogP contribution >= 0.6 is 0 Å². The zero-order valence-corrected chi connectivity index (χ0v) is 11.5. The van der Waals surface area contributed by atoms with E-state index in [1.807, 2.05) is 0 Å². The van der Waals surface area contributed by atoms with Crippen molar-refractivity contribution in [1.82, 2.24) is 25.3 Å². The third kappa shape index (κ3) is 2.78. The Bertz CT molecular complexity index is 768. The molecule has 0 saturated carbocycles. The molecule has 3 rings (SSSR count). The Kier molecular flexibility index (Phi) is 3.43. The van der Waals surface area contributed by atoms with Crippen molar-refractivity contribution >= 4 is 0 Å². The highest BCUT2D eigenvalue weighted by atomic mass is 19.1. The van der Waals surface area contributed by atoms with Gasteiger partial charge in [0.1, 0.15) is 5.69 Å². The van der Waals surface area contributed by atoms with Crippen LogP contribution in [0.5, 0.6) is 0 Å². The zero-order valence-electron chi connectivity index (χ0n) is 11.5. The SMILES string of the molecule is Cc1noc(CCc2nc(-c3nccc(C)c3F)no2)n1. The smallest absolute Gasteiger partial charge is 0.227 e. The molecule has 7 nitrogen and oxygen atoms in total. The van der Waals surface area contributed by atoms with Crippen molar-refractivity contribution in [2.45, 2.75) is 26.7 Å². The van der Waals surface area contributed by atoms with Gasteiger partial charge >= 0.3 is 0 Å². The van der Waals surface area contributed by atoms with Crippen LogP contribution in [0.3, 0.4) is 0 Å². The molecule has 0 fully saturated rings. The van der Waals surface area contributed by atoms with Gasteiger partial charge in [-0.3, -0.25) is 0 Å². The van der Waals surface area contributed by atoms with E-state index in [-0.39, 0.29) is 11.5 Å². The topological polar surface area (TPSA) is 90.7 Å². The van der Waals surface area contributed by atoms with Gasteiger partial charge in [-0.2, -0.15) is 9.97 Å². The predicted molar refractivity (Wildman–Crippen MR) is 68.7 cm³/mol. The molecular formula is C13H12FN5O2. The van der Waals surface area contributed by atoms with Crippen molar-refractivity contribution in [3.63, 3.8) is 0 Å². The van der Waals surface area contributed by atoms with E-state index in [0.717, 1.165) is 0 Å². The highest BCUT2D eigenvalue weighted by Crippen LogP contribution is 2.19. The van der Waals surface area contributed by atoms with Gasteiger partial charge in [-0.1, -0.05) is 10.3 Å². The fourth-order valence-corrected chi connectivity index (χ4v) is 1.80. The fourth-order valence-electron chi connectivity index (χ4n) is 1.80. The number of aryl methyl sites for hydroxylation is 4. The molecule has 0 aliphatic carbocycles. The van der Waals surface area contributed by atoms with Crippen LogP contribution in [0.25, 0.3) is 11.5 Å². The Balaban J connectivity index is 1.75. The third-order valence-corrected chi connectivity index (χ3v) is 2.88. The molecule has 0 aliphatic rings. The van der Waals surface area contributed by atoms with E-state index in [1.54, 1.807) is 19.9 Å². The maximum Gasteiger partial charge on any atom is 0.227 e. The van der Waals surface area contributed by atoms with Crippen LogP contribution in [0.1, 0.15) is 23.2 Å². The maximum absolute atomic E-state index is 13.9. The first-order chi connectivity index (χ1) is 10.1. The number of rotatable bonds is 4. The van der Waals surface area contributed by atoms with Gasteiger partial charge in [-0.25, -0.2) is 9.37 Å². The number of pyridine rings is 1. The minimum Gasteiger partial charge on any atom is -0.339 e. The Hall–Kier alpha value is -2.64. The Morgan fingerprint density at radius 3 is 2.48 bits per heavy atom. The molecule has 0 radical (unpaired) electrons. The average molecular weight is 289 g/mol. The summed E-state index contributed by atoms with van der Waals surface area (Å²) in [5.74, 6) is 1.11. The summed E-state index contributed by atoms with van der Waals surface area (Å²) in [7, 11) is 0. The summed E-state index contributed by atoms with van der Waals surface area (Å²) in [6.07, 6.45) is 2.42. The van der Waals surface area contributed by atoms with Crippen LogP contribution in [0.4, 0.5) is 4.39 Å². The molecule has 3 aromatic heterocycles. The van der Waals surface area contributed by atoms with Gasteiger partial charge in [0, 0.05) is 19.0 Å². The first kappa shape index (κ1) is 13.3. The lowest BCUT2D eigenvalue weighted by Gasteiger charge is -1.98. The summed E-state index contributed by atoms with van der Waals surface area (Å²) in [4.78, 5) is 12.2. The van der Waals surface area contributed by atoms with E-state index in [4.69, 9.17) is 9.05 Å². The van der Waals surface area contributed by atoms with E-state index >= 15 is 0 Å². The monoisotopic (exact) mass is 289 g/mol. The van der Waals surface area contributed by atoms with E-state index in [0.29, 0.717) is 36.0 Å². The quantitative estimate of drug-likeness (QED) is 0.725. The van der Waals surface area contributed by atoms with Crippen LogP contribution < -0.4 is 0 Å². The zero-order chi connectivity index (χ0) is 14.8. The molecule has 0 unspecified atom stereocenters. The lowest BCUT2D eigenvalue weighted by atomic mass is 10.2. The maximum atomic E-state index is 13.9. The van der Waals surface area contributed by atoms with Crippen LogP contribution in [0.2, 0.25) is 0 Å². The summed E-state index contributed by atoms with van der Waals surface area (Å²) in [6.45, 7) is 3.39. The summed E-state index contributed by atoms with van der Waals surface area (Å²) >= 11 is 0. The molecule has 3 aromatic rings. The lowest BCUT2D eigenvalue weighted by Crippen LogP contribution is -1.95. The lowest BCUT2D eigenvalue weighted by molar-refractivity contribution is 0.352. The second-order valence-electron chi connectivity index (χ2n) is 4.54. The molecule has 0 aromatic carbocycles. The molecule has 108 valence electrons. The Morgan fingerprint density at radius 2 is 1.76 bits per heavy atom. The number of hydrogen-bond acceptors (Lipinski definition) is 7. The van der Waals surface area contributed by atoms with Gasteiger partial charge in [-0.15, -0.1) is 0 Å². The molecule has 8 heteroatoms. The number of hydrogen-bond donors (Lipinski definition) is 0. The second-order valence-corrected chi connectivity index (χ2v) is 4.54. The first-order valence-corrected chi connectivity index (χ1v) is 6.36. The number of halogens is 1. The van der Waals surface area contributed by atoms with Gasteiger partial charge in [0.2, 0.25) is 17.6 Å². The molecule has 3 heterocycles. The van der Waals surface area contributed by atoms with Gasteiger partial charge in [0.05, 0.1) is 0 Å². The second kappa shape index (κ2) is 5.39. The van der Waals surface area contributed by atoms with Crippen molar-refractivity contribution in [3.05, 3.63) is 41.2 Å². The van der Waals surface area contributed by atoms with Gasteiger partial charge in [0.25, 0.3) is 0 Å². The van der Waals surface area contributed by atoms with Crippen molar-refractivity contribution in [3.8, 4) is 11.5 Å². The van der Waals surface area contributed by atoms with Crippen molar-refractivity contribution in [2.24, 2.45) is 0 Å². The highest BCUT2D eigenvalue weighted by Gasteiger charge is 2.16. The molecule has 21 heavy (non-hydrogen) atoms. The average Bonchev–Trinajstić information content (AvgIpc) is 3.08. The van der Waals surface area contributed by atoms with Crippen molar-refractivity contribution in [2.75, 3.05) is 0 Å². The van der Waals surface area contributed by atoms with Gasteiger partial charge in [0.15, 0.2) is 11.6 Å². The molecule has 0 N–H and O–H groups in total. The highest BCUT2D eigenvalue weighted by molar-refractivity contribution is 5.50. The van der Waals surface area contributed by atoms with Gasteiger partial charge in [-0.05, 0) is 25.5 Å². The van der Waals surface area contributed by atoms with Crippen LogP contribution in [-0.4, -0.2) is 25.3 Å². The van der Waals surface area contributed by atoms with E-state index in [9.17, 15) is 4.39 Å². The molecule has 0 amide bonds. The standard InChI is InChI=1S/C13H12FN5O2/c1-7-5-6-15-12(11(7)14)13-17-10(21-19-13)4-3-9-16-8(2)18-20-9/h5-6H,3-4H2,1-2H3. The number of aromatic nitrogens is 5. The van der Waals surface area contributed by atoms with Crippen molar-refractivity contribution in [1.29, 1.82) is 0 Å². The summed E-state index contributed by atoms with van der Waals surface area (Å²) in [5.41, 5.74) is 0.561. The third-order valence-electron chi connectivity index (χ3n) is 2.88. The van der Waals surface area contributed by atoms with E-state index in [2.05, 4.69) is 25.3 Å². The van der Waals surface area contributed by atoms with E-state index in [1.165, 1.54) is 6.20 Å². The summed E-state index contributed by atoms with van der Waals surface area (Å²) < 4.78 is 24.0. The number of nitrogens with zero attached hydrogens (tertiary/aromatic N) is 5. The molecule has 0 atom stereocenters. The van der Waals surface area contributed by atoms with Crippen LogP contribution in [0.15, 0.2) is 21.3 Å². The van der Waals surface area contributed by atoms with Crippen molar-refractivity contribution < 1.29 is 13.4 Å². The minimum absolute atomic E-state index is 0.0821. The fraction of sp³-hybridized carbons (Fsp3) is 0.308. The van der Waals surface area contributed by atoms with Crippen LogP contribution in [0, 0.1) is 19.7 Å². The summed E-state index contributed by atoms with van der Waals surface area (Å²) in [5, 5.41) is 7.44. The molecular weight excluding hydrogens is 277 g/mol. The molecule has 0 saturated heterocycles. The molecule has 0 bridgehead atoms. The Morgan fingerprint density at radius 1 is 1.05 bits per heavy atom. The Labute approximate surface area is 119 Å². The predicted octanol–water partition coefficient (Wildman–Crippen LogP) is 2.06. The van der Waals surface area contributed by atoms with Gasteiger partial charge < -0.3 is 9.05 Å². The summed E-state index contributed by atoms with van der Waals surface area (Å²) in [6, 6.07) is 1.58. The molecule has 0 aliphatic heterocycles. The normalized spacial score (nSPS) is 11.0. The largest absolute Gasteiger partial charge is 0.339 e. The van der Waals surface area contributed by atoms with Crippen LogP contribution in [-0.2, 0) is 12.8 Å². The van der Waals surface area contributed by atoms with E-state index < -0.39 is 5.82 Å². The molecule has 0 spiro atoms.